The summed E-state index contributed by atoms with van der Waals surface area (Å²) >= 11 is 0. The van der Waals surface area contributed by atoms with Gasteiger partial charge in [0.15, 0.2) is 0 Å². The molecule has 0 radical (unpaired) electrons. The van der Waals surface area contributed by atoms with Gasteiger partial charge in [-0.15, -0.1) is 0 Å². The Morgan fingerprint density at radius 2 is 1.35 bits per heavy atom. The summed E-state index contributed by atoms with van der Waals surface area (Å²) in [6.45, 7) is 2.25. The average molecular weight is 357 g/mol. The molecule has 3 aromatic rings. The van der Waals surface area contributed by atoms with E-state index in [4.69, 9.17) is 5.26 Å². The van der Waals surface area contributed by atoms with Gasteiger partial charge in [0.05, 0.1) is 11.6 Å². The number of nitrogens with zero attached hydrogens (tertiary/aromatic N) is 1. The molecular weight excluding hydrogens is 333 g/mol. The highest BCUT2D eigenvalue weighted by Crippen LogP contribution is 2.52. The number of unbranched alkanes of at least 4 members (excludes halogenated alkanes) is 1. The van der Waals surface area contributed by atoms with Crippen LogP contribution >= 0.6 is 7.92 Å². The van der Waals surface area contributed by atoms with Gasteiger partial charge >= 0.3 is 0 Å². The third kappa shape index (κ3) is 4.40. The van der Waals surface area contributed by atoms with Crippen molar-refractivity contribution < 1.29 is 0 Å². The molecule has 0 spiro atoms. The second-order valence-corrected chi connectivity index (χ2v) is 8.83. The van der Waals surface area contributed by atoms with Crippen LogP contribution < -0.4 is 10.6 Å². The summed E-state index contributed by atoms with van der Waals surface area (Å²) in [7, 11) is -0.499. The first-order valence-corrected chi connectivity index (χ1v) is 10.6. The van der Waals surface area contributed by atoms with Gasteiger partial charge in [-0.2, -0.15) is 5.26 Å². The second-order valence-electron chi connectivity index (χ2n) is 6.43. The first-order valence-electron chi connectivity index (χ1n) is 9.23. The molecule has 0 aliphatic rings. The highest BCUT2D eigenvalue weighted by molar-refractivity contribution is 7.73. The van der Waals surface area contributed by atoms with Gasteiger partial charge in [-0.05, 0) is 42.6 Å². The lowest BCUT2D eigenvalue weighted by Gasteiger charge is -2.29. The van der Waals surface area contributed by atoms with Gasteiger partial charge in [0.1, 0.15) is 0 Å². The van der Waals surface area contributed by atoms with Crippen LogP contribution in [-0.4, -0.2) is 0 Å². The van der Waals surface area contributed by atoms with Crippen molar-refractivity contribution in [3.63, 3.8) is 0 Å². The van der Waals surface area contributed by atoms with Crippen molar-refractivity contribution in [1.82, 2.24) is 0 Å². The summed E-state index contributed by atoms with van der Waals surface area (Å²) in [5, 5.41) is 12.0. The lowest BCUT2D eigenvalue weighted by atomic mass is 10.1. The average Bonchev–Trinajstić information content (AvgIpc) is 2.72. The SMILES string of the molecule is CCCCC(c1ccc(C#N)cc1)P(c1ccccc1)c1ccccc1. The Hall–Kier alpha value is -2.42. The molecule has 0 saturated carbocycles. The molecule has 130 valence electrons. The number of hydrogen-bond donors (Lipinski definition) is 0. The zero-order chi connectivity index (χ0) is 18.2. The lowest BCUT2D eigenvalue weighted by molar-refractivity contribution is 0.703. The Morgan fingerprint density at radius 1 is 0.808 bits per heavy atom. The van der Waals surface area contributed by atoms with Crippen LogP contribution in [0.5, 0.6) is 0 Å². The molecule has 0 aliphatic heterocycles. The van der Waals surface area contributed by atoms with E-state index in [2.05, 4.69) is 85.8 Å². The largest absolute Gasteiger partial charge is 0.192 e. The molecule has 3 aromatic carbocycles. The van der Waals surface area contributed by atoms with Crippen LogP contribution in [0.3, 0.4) is 0 Å². The van der Waals surface area contributed by atoms with E-state index in [0.717, 1.165) is 12.0 Å². The molecule has 0 bridgehead atoms. The Bertz CT molecular complexity index is 795. The fraction of sp³-hybridized carbons (Fsp3) is 0.208. The minimum Gasteiger partial charge on any atom is -0.192 e. The highest BCUT2D eigenvalue weighted by atomic mass is 31.1. The van der Waals surface area contributed by atoms with Crippen LogP contribution in [0, 0.1) is 11.3 Å². The van der Waals surface area contributed by atoms with Crippen molar-refractivity contribution in [2.24, 2.45) is 0 Å². The first-order chi connectivity index (χ1) is 12.8. The maximum atomic E-state index is 9.13. The van der Waals surface area contributed by atoms with E-state index in [1.54, 1.807) is 0 Å². The Balaban J connectivity index is 2.07. The predicted molar refractivity (Wildman–Crippen MR) is 112 cm³/mol. The van der Waals surface area contributed by atoms with E-state index in [0.29, 0.717) is 5.66 Å². The second kappa shape index (κ2) is 9.33. The fourth-order valence-electron chi connectivity index (χ4n) is 3.31. The Morgan fingerprint density at radius 3 is 1.81 bits per heavy atom. The van der Waals surface area contributed by atoms with Crippen LogP contribution in [0.2, 0.25) is 0 Å². The van der Waals surface area contributed by atoms with E-state index in [1.165, 1.54) is 29.0 Å². The fourth-order valence-corrected chi connectivity index (χ4v) is 6.22. The molecule has 1 unspecified atom stereocenters. The quantitative estimate of drug-likeness (QED) is 0.481. The van der Waals surface area contributed by atoms with Crippen molar-refractivity contribution in [3.8, 4) is 6.07 Å². The molecule has 0 heterocycles. The van der Waals surface area contributed by atoms with Crippen LogP contribution in [0.4, 0.5) is 0 Å². The molecule has 1 nitrogen and oxygen atoms in total. The van der Waals surface area contributed by atoms with Crippen LogP contribution in [0.15, 0.2) is 84.9 Å². The van der Waals surface area contributed by atoms with E-state index < -0.39 is 7.92 Å². The van der Waals surface area contributed by atoms with Crippen LogP contribution in [0.25, 0.3) is 0 Å². The van der Waals surface area contributed by atoms with Crippen molar-refractivity contribution in [1.29, 1.82) is 5.26 Å². The van der Waals surface area contributed by atoms with Crippen molar-refractivity contribution in [2.75, 3.05) is 0 Å². The van der Waals surface area contributed by atoms with E-state index in [9.17, 15) is 0 Å². The molecule has 0 N–H and O–H groups in total. The van der Waals surface area contributed by atoms with Gasteiger partial charge in [0.25, 0.3) is 0 Å². The van der Waals surface area contributed by atoms with Crippen molar-refractivity contribution in [3.05, 3.63) is 96.1 Å². The molecule has 0 aliphatic carbocycles. The summed E-state index contributed by atoms with van der Waals surface area (Å²) in [4.78, 5) is 0. The standard InChI is InChI=1S/C24H24NP/c1-2-3-14-24(21-17-15-20(19-25)16-18-21)26(22-10-6-4-7-11-22)23-12-8-5-9-13-23/h4-13,15-18,24H,2-3,14H2,1H3. The molecule has 1 atom stereocenters. The van der Waals surface area contributed by atoms with E-state index in [-0.39, 0.29) is 0 Å². The smallest absolute Gasteiger partial charge is 0.0991 e. The highest BCUT2D eigenvalue weighted by Gasteiger charge is 2.25. The van der Waals surface area contributed by atoms with Gasteiger partial charge in [0, 0.05) is 5.66 Å². The Kier molecular flexibility index (Phi) is 6.59. The number of rotatable bonds is 7. The third-order valence-electron chi connectivity index (χ3n) is 4.64. The lowest BCUT2D eigenvalue weighted by Crippen LogP contribution is -2.17. The van der Waals surface area contributed by atoms with Crippen LogP contribution in [0.1, 0.15) is 43.0 Å². The zero-order valence-electron chi connectivity index (χ0n) is 15.2. The number of hydrogen-bond acceptors (Lipinski definition) is 1. The van der Waals surface area contributed by atoms with Crippen molar-refractivity contribution in [2.45, 2.75) is 31.8 Å². The van der Waals surface area contributed by atoms with Gasteiger partial charge < -0.3 is 0 Å². The van der Waals surface area contributed by atoms with Gasteiger partial charge in [-0.1, -0.05) is 92.6 Å². The molecule has 2 heteroatoms. The van der Waals surface area contributed by atoms with Gasteiger partial charge in [0.2, 0.25) is 0 Å². The monoisotopic (exact) mass is 357 g/mol. The maximum Gasteiger partial charge on any atom is 0.0991 e. The summed E-state index contributed by atoms with van der Waals surface area (Å²) in [5.41, 5.74) is 2.53. The zero-order valence-corrected chi connectivity index (χ0v) is 16.1. The summed E-state index contributed by atoms with van der Waals surface area (Å²) < 4.78 is 0. The minimum absolute atomic E-state index is 0.461. The first kappa shape index (κ1) is 18.4. The summed E-state index contributed by atoms with van der Waals surface area (Å²) in [5.74, 6) is 0. The normalized spacial score (nSPS) is 11.9. The molecule has 0 fully saturated rings. The Labute approximate surface area is 158 Å². The topological polar surface area (TPSA) is 23.8 Å². The van der Waals surface area contributed by atoms with Crippen LogP contribution in [-0.2, 0) is 0 Å². The molecule has 0 aromatic heterocycles. The molecule has 3 rings (SSSR count). The molecular formula is C24H24NP. The summed E-state index contributed by atoms with van der Waals surface area (Å²) in [6, 6.07) is 32.3. The minimum atomic E-state index is -0.499. The number of nitriles is 1. The molecule has 26 heavy (non-hydrogen) atoms. The number of benzene rings is 3. The van der Waals surface area contributed by atoms with E-state index in [1.807, 2.05) is 12.1 Å². The molecule has 0 saturated heterocycles. The summed E-state index contributed by atoms with van der Waals surface area (Å²) in [6.07, 6.45) is 3.57. The predicted octanol–water partition coefficient (Wildman–Crippen LogP) is 5.92. The van der Waals surface area contributed by atoms with Crippen molar-refractivity contribution >= 4 is 18.5 Å². The van der Waals surface area contributed by atoms with E-state index >= 15 is 0 Å². The molecule has 0 amide bonds. The van der Waals surface area contributed by atoms with Gasteiger partial charge in [-0.3, -0.25) is 0 Å². The third-order valence-corrected chi connectivity index (χ3v) is 7.52. The van der Waals surface area contributed by atoms with Gasteiger partial charge in [-0.25, -0.2) is 0 Å². The maximum absolute atomic E-state index is 9.13.